The first-order valence-electron chi connectivity index (χ1n) is 6.09. The van der Waals surface area contributed by atoms with Crippen LogP contribution in [0.5, 0.6) is 0 Å². The van der Waals surface area contributed by atoms with Crippen molar-refractivity contribution >= 4 is 0 Å². The Bertz CT molecular complexity index is 307. The van der Waals surface area contributed by atoms with E-state index in [4.69, 9.17) is 4.74 Å². The maximum Gasteiger partial charge on any atom is 0.138 e. The van der Waals surface area contributed by atoms with Gasteiger partial charge in [-0.05, 0) is 32.9 Å². The second-order valence-electron chi connectivity index (χ2n) is 4.06. The quantitative estimate of drug-likeness (QED) is 0.796. The molecule has 0 amide bonds. The number of nitrogens with one attached hydrogen (secondary N) is 1. The zero-order chi connectivity index (χ0) is 11.2. The Morgan fingerprint density at radius 3 is 3.06 bits per heavy atom. The number of hydrogen-bond donors (Lipinski definition) is 1. The molecule has 2 rings (SSSR count). The van der Waals surface area contributed by atoms with Crippen LogP contribution in [0.3, 0.4) is 0 Å². The highest BCUT2D eigenvalue weighted by Crippen LogP contribution is 2.07. The molecule has 16 heavy (non-hydrogen) atoms. The number of aryl methyl sites for hydroxylation is 1. The standard InChI is InChI=1S/C11H20N4O/c1-2-15-11(13-9-14-15)5-8-16-10-3-6-12-7-4-10/h9-10,12H,2-8H2,1H3. The number of hydrogen-bond acceptors (Lipinski definition) is 4. The molecule has 2 heterocycles. The number of ether oxygens (including phenoxy) is 1. The van der Waals surface area contributed by atoms with Crippen molar-refractivity contribution in [3.05, 3.63) is 12.2 Å². The Balaban J connectivity index is 1.71. The van der Waals surface area contributed by atoms with Gasteiger partial charge in [0.15, 0.2) is 0 Å². The minimum absolute atomic E-state index is 0.430. The van der Waals surface area contributed by atoms with Crippen LogP contribution < -0.4 is 5.32 Å². The van der Waals surface area contributed by atoms with E-state index in [2.05, 4.69) is 22.3 Å². The first-order chi connectivity index (χ1) is 7.90. The Hall–Kier alpha value is -0.940. The molecule has 1 aliphatic rings. The van der Waals surface area contributed by atoms with E-state index in [0.29, 0.717) is 6.10 Å². The van der Waals surface area contributed by atoms with Gasteiger partial charge in [-0.3, -0.25) is 4.68 Å². The highest BCUT2D eigenvalue weighted by atomic mass is 16.5. The van der Waals surface area contributed by atoms with Crippen LogP contribution in [-0.2, 0) is 17.7 Å². The van der Waals surface area contributed by atoms with Gasteiger partial charge < -0.3 is 10.1 Å². The lowest BCUT2D eigenvalue weighted by molar-refractivity contribution is 0.0338. The van der Waals surface area contributed by atoms with Crippen LogP contribution in [0.2, 0.25) is 0 Å². The Morgan fingerprint density at radius 2 is 2.31 bits per heavy atom. The summed E-state index contributed by atoms with van der Waals surface area (Å²) in [6, 6.07) is 0. The highest BCUT2D eigenvalue weighted by molar-refractivity contribution is 4.84. The Kier molecular flexibility index (Phi) is 4.30. The van der Waals surface area contributed by atoms with Crippen LogP contribution in [-0.4, -0.2) is 40.6 Å². The normalized spacial score (nSPS) is 17.8. The van der Waals surface area contributed by atoms with E-state index >= 15 is 0 Å². The largest absolute Gasteiger partial charge is 0.378 e. The zero-order valence-electron chi connectivity index (χ0n) is 9.85. The minimum Gasteiger partial charge on any atom is -0.378 e. The van der Waals surface area contributed by atoms with E-state index < -0.39 is 0 Å². The first kappa shape index (κ1) is 11.5. The van der Waals surface area contributed by atoms with Crippen molar-refractivity contribution in [3.63, 3.8) is 0 Å². The fourth-order valence-corrected chi connectivity index (χ4v) is 2.02. The van der Waals surface area contributed by atoms with Gasteiger partial charge in [-0.2, -0.15) is 5.10 Å². The van der Waals surface area contributed by atoms with E-state index in [1.54, 1.807) is 6.33 Å². The van der Waals surface area contributed by atoms with Gasteiger partial charge in [0.25, 0.3) is 0 Å². The lowest BCUT2D eigenvalue weighted by atomic mass is 10.1. The third kappa shape index (κ3) is 3.02. The van der Waals surface area contributed by atoms with Gasteiger partial charge in [0.1, 0.15) is 12.2 Å². The van der Waals surface area contributed by atoms with Crippen molar-refractivity contribution < 1.29 is 4.74 Å². The van der Waals surface area contributed by atoms with Crippen LogP contribution in [0.4, 0.5) is 0 Å². The summed E-state index contributed by atoms with van der Waals surface area (Å²) in [6.45, 7) is 5.86. The lowest BCUT2D eigenvalue weighted by Crippen LogP contribution is -2.32. The summed E-state index contributed by atoms with van der Waals surface area (Å²) < 4.78 is 7.76. The summed E-state index contributed by atoms with van der Waals surface area (Å²) in [5.41, 5.74) is 0. The third-order valence-corrected chi connectivity index (χ3v) is 2.96. The zero-order valence-corrected chi connectivity index (χ0v) is 9.85. The molecule has 1 aromatic rings. The second-order valence-corrected chi connectivity index (χ2v) is 4.06. The van der Waals surface area contributed by atoms with Gasteiger partial charge in [0.2, 0.25) is 0 Å². The van der Waals surface area contributed by atoms with E-state index in [-0.39, 0.29) is 0 Å². The molecule has 0 aromatic carbocycles. The van der Waals surface area contributed by atoms with Gasteiger partial charge in [-0.25, -0.2) is 4.98 Å². The molecule has 0 radical (unpaired) electrons. The van der Waals surface area contributed by atoms with Crippen LogP contribution in [0.25, 0.3) is 0 Å². The van der Waals surface area contributed by atoms with Crippen molar-refractivity contribution in [2.24, 2.45) is 0 Å². The molecule has 0 aliphatic carbocycles. The predicted molar refractivity (Wildman–Crippen MR) is 61.2 cm³/mol. The molecule has 1 saturated heterocycles. The number of piperidine rings is 1. The number of rotatable bonds is 5. The molecule has 1 aromatic heterocycles. The van der Waals surface area contributed by atoms with Gasteiger partial charge in [-0.15, -0.1) is 0 Å². The van der Waals surface area contributed by atoms with Crippen LogP contribution in [0.15, 0.2) is 6.33 Å². The SMILES string of the molecule is CCn1ncnc1CCOC1CCNCC1. The fraction of sp³-hybridized carbons (Fsp3) is 0.818. The molecule has 1 fully saturated rings. The van der Waals surface area contributed by atoms with Crippen LogP contribution >= 0.6 is 0 Å². The molecule has 90 valence electrons. The smallest absolute Gasteiger partial charge is 0.138 e. The van der Waals surface area contributed by atoms with Gasteiger partial charge in [0, 0.05) is 13.0 Å². The minimum atomic E-state index is 0.430. The molecular formula is C11H20N4O. The molecule has 0 atom stereocenters. The fourth-order valence-electron chi connectivity index (χ4n) is 2.02. The number of aromatic nitrogens is 3. The summed E-state index contributed by atoms with van der Waals surface area (Å²) in [5.74, 6) is 1.02. The summed E-state index contributed by atoms with van der Waals surface area (Å²) in [6.07, 6.45) is 5.15. The average molecular weight is 224 g/mol. The molecule has 1 N–H and O–H groups in total. The summed E-state index contributed by atoms with van der Waals surface area (Å²) >= 11 is 0. The van der Waals surface area contributed by atoms with Gasteiger partial charge >= 0.3 is 0 Å². The van der Waals surface area contributed by atoms with Crippen molar-refractivity contribution in [3.8, 4) is 0 Å². The molecule has 0 unspecified atom stereocenters. The van der Waals surface area contributed by atoms with Gasteiger partial charge in [0.05, 0.1) is 12.7 Å². The van der Waals surface area contributed by atoms with Crippen LogP contribution in [0, 0.1) is 0 Å². The van der Waals surface area contributed by atoms with Crippen LogP contribution in [0.1, 0.15) is 25.6 Å². The van der Waals surface area contributed by atoms with E-state index in [9.17, 15) is 0 Å². The predicted octanol–water partition coefficient (Wildman–Crippen LogP) is 0.609. The van der Waals surface area contributed by atoms with Crippen molar-refractivity contribution in [1.82, 2.24) is 20.1 Å². The average Bonchev–Trinajstić information content (AvgIpc) is 2.78. The van der Waals surface area contributed by atoms with Gasteiger partial charge in [-0.1, -0.05) is 0 Å². The Labute approximate surface area is 96.2 Å². The molecule has 5 heteroatoms. The lowest BCUT2D eigenvalue weighted by Gasteiger charge is -2.22. The molecule has 0 bridgehead atoms. The van der Waals surface area contributed by atoms with Crippen molar-refractivity contribution in [2.75, 3.05) is 19.7 Å². The van der Waals surface area contributed by atoms with Crippen molar-refractivity contribution in [1.29, 1.82) is 0 Å². The summed E-state index contributed by atoms with van der Waals surface area (Å²) in [5, 5.41) is 7.47. The maximum absolute atomic E-state index is 5.83. The molecular weight excluding hydrogens is 204 g/mol. The maximum atomic E-state index is 5.83. The topological polar surface area (TPSA) is 52.0 Å². The third-order valence-electron chi connectivity index (χ3n) is 2.96. The van der Waals surface area contributed by atoms with E-state index in [1.165, 1.54) is 0 Å². The monoisotopic (exact) mass is 224 g/mol. The number of nitrogens with zero attached hydrogens (tertiary/aromatic N) is 3. The van der Waals surface area contributed by atoms with Crippen molar-refractivity contribution in [2.45, 2.75) is 38.8 Å². The first-order valence-corrected chi connectivity index (χ1v) is 6.09. The molecule has 0 saturated carbocycles. The molecule has 5 nitrogen and oxygen atoms in total. The van der Waals surface area contributed by atoms with E-state index in [0.717, 1.165) is 51.3 Å². The Morgan fingerprint density at radius 1 is 1.50 bits per heavy atom. The second kappa shape index (κ2) is 5.96. The molecule has 0 spiro atoms. The molecule has 1 aliphatic heterocycles. The summed E-state index contributed by atoms with van der Waals surface area (Å²) in [4.78, 5) is 4.23. The summed E-state index contributed by atoms with van der Waals surface area (Å²) in [7, 11) is 0. The van der Waals surface area contributed by atoms with E-state index in [1.807, 2.05) is 4.68 Å². The highest BCUT2D eigenvalue weighted by Gasteiger charge is 2.13.